The van der Waals surface area contributed by atoms with Crippen LogP contribution in [-0.2, 0) is 12.1 Å². The maximum absolute atomic E-state index is 6.57. The standard InChI is InChI=1S/C17H28N2/c1-3-19(4-2)14-15-8-10-16(11-9-15)17(18)12-6-5-7-13-17/h8-11H,3-7,12-14,18H2,1-2H3. The SMILES string of the molecule is CCN(CC)Cc1ccc(C2(N)CCCCC2)cc1. The summed E-state index contributed by atoms with van der Waals surface area (Å²) in [5, 5.41) is 0. The third-order valence-electron chi connectivity index (χ3n) is 4.58. The number of hydrogen-bond acceptors (Lipinski definition) is 2. The van der Waals surface area contributed by atoms with Crippen LogP contribution in [-0.4, -0.2) is 18.0 Å². The molecule has 0 spiro atoms. The van der Waals surface area contributed by atoms with Crippen molar-refractivity contribution in [3.05, 3.63) is 35.4 Å². The summed E-state index contributed by atoms with van der Waals surface area (Å²) in [6.45, 7) is 7.70. The first-order chi connectivity index (χ1) is 9.18. The second-order valence-electron chi connectivity index (χ2n) is 5.88. The van der Waals surface area contributed by atoms with E-state index in [0.717, 1.165) is 32.5 Å². The van der Waals surface area contributed by atoms with Crippen LogP contribution in [0.2, 0.25) is 0 Å². The summed E-state index contributed by atoms with van der Waals surface area (Å²) in [6.07, 6.45) is 6.18. The monoisotopic (exact) mass is 260 g/mol. The summed E-state index contributed by atoms with van der Waals surface area (Å²) in [5.41, 5.74) is 9.23. The molecule has 1 aromatic rings. The van der Waals surface area contributed by atoms with E-state index in [1.54, 1.807) is 0 Å². The first kappa shape index (κ1) is 14.5. The van der Waals surface area contributed by atoms with E-state index in [1.165, 1.54) is 30.4 Å². The van der Waals surface area contributed by atoms with Gasteiger partial charge in [0.25, 0.3) is 0 Å². The van der Waals surface area contributed by atoms with Crippen molar-refractivity contribution in [3.8, 4) is 0 Å². The van der Waals surface area contributed by atoms with Gasteiger partial charge in [0.05, 0.1) is 0 Å². The molecule has 1 aromatic carbocycles. The molecule has 0 heterocycles. The predicted octanol–water partition coefficient (Wildman–Crippen LogP) is 3.65. The van der Waals surface area contributed by atoms with Crippen LogP contribution >= 0.6 is 0 Å². The van der Waals surface area contributed by atoms with Crippen LogP contribution < -0.4 is 5.73 Å². The Morgan fingerprint density at radius 2 is 1.58 bits per heavy atom. The Morgan fingerprint density at radius 3 is 2.11 bits per heavy atom. The molecular weight excluding hydrogens is 232 g/mol. The number of nitrogens with two attached hydrogens (primary N) is 1. The van der Waals surface area contributed by atoms with E-state index in [2.05, 4.69) is 43.0 Å². The second kappa shape index (κ2) is 6.53. The van der Waals surface area contributed by atoms with Crippen LogP contribution in [0, 0.1) is 0 Å². The summed E-state index contributed by atoms with van der Waals surface area (Å²) < 4.78 is 0. The van der Waals surface area contributed by atoms with Gasteiger partial charge < -0.3 is 5.73 Å². The topological polar surface area (TPSA) is 29.3 Å². The lowest BCUT2D eigenvalue weighted by Crippen LogP contribution is -2.38. The normalized spacial score (nSPS) is 18.7. The Bertz CT molecular complexity index is 373. The minimum absolute atomic E-state index is 0.0635. The predicted molar refractivity (Wildman–Crippen MR) is 82.0 cm³/mol. The molecule has 19 heavy (non-hydrogen) atoms. The third kappa shape index (κ3) is 3.58. The van der Waals surface area contributed by atoms with E-state index in [0.29, 0.717) is 0 Å². The van der Waals surface area contributed by atoms with E-state index >= 15 is 0 Å². The molecule has 106 valence electrons. The highest BCUT2D eigenvalue weighted by Crippen LogP contribution is 2.34. The van der Waals surface area contributed by atoms with Crippen molar-refractivity contribution < 1.29 is 0 Å². The van der Waals surface area contributed by atoms with Gasteiger partial charge in [-0.1, -0.05) is 57.4 Å². The molecule has 2 heteroatoms. The number of nitrogens with zero attached hydrogens (tertiary/aromatic N) is 1. The van der Waals surface area contributed by atoms with Gasteiger partial charge in [-0.2, -0.15) is 0 Å². The van der Waals surface area contributed by atoms with Crippen molar-refractivity contribution in [2.24, 2.45) is 5.73 Å². The molecule has 1 aliphatic rings. The van der Waals surface area contributed by atoms with E-state index in [-0.39, 0.29) is 5.54 Å². The lowest BCUT2D eigenvalue weighted by molar-refractivity contribution is 0.294. The molecule has 2 nitrogen and oxygen atoms in total. The van der Waals surface area contributed by atoms with Crippen molar-refractivity contribution in [2.75, 3.05) is 13.1 Å². The van der Waals surface area contributed by atoms with Crippen molar-refractivity contribution in [2.45, 2.75) is 58.0 Å². The maximum atomic E-state index is 6.57. The molecule has 1 fully saturated rings. The fourth-order valence-corrected chi connectivity index (χ4v) is 3.12. The average molecular weight is 260 g/mol. The van der Waals surface area contributed by atoms with Crippen LogP contribution in [0.4, 0.5) is 0 Å². The summed E-state index contributed by atoms with van der Waals surface area (Å²) in [6, 6.07) is 9.03. The Balaban J connectivity index is 2.05. The summed E-state index contributed by atoms with van der Waals surface area (Å²) >= 11 is 0. The van der Waals surface area contributed by atoms with Gasteiger partial charge >= 0.3 is 0 Å². The van der Waals surface area contributed by atoms with Crippen LogP contribution in [0.1, 0.15) is 57.1 Å². The third-order valence-corrected chi connectivity index (χ3v) is 4.58. The van der Waals surface area contributed by atoms with Gasteiger partial charge in [0, 0.05) is 12.1 Å². The summed E-state index contributed by atoms with van der Waals surface area (Å²) in [7, 11) is 0. The molecule has 1 saturated carbocycles. The Hall–Kier alpha value is -0.860. The van der Waals surface area contributed by atoms with Gasteiger partial charge in [0.1, 0.15) is 0 Å². The Kier molecular flexibility index (Phi) is 5.00. The fourth-order valence-electron chi connectivity index (χ4n) is 3.12. The second-order valence-corrected chi connectivity index (χ2v) is 5.88. The Labute approximate surface area is 118 Å². The molecule has 0 atom stereocenters. The number of rotatable bonds is 5. The lowest BCUT2D eigenvalue weighted by Gasteiger charge is -2.34. The van der Waals surface area contributed by atoms with E-state index in [1.807, 2.05) is 0 Å². The van der Waals surface area contributed by atoms with Gasteiger partial charge in [-0.3, -0.25) is 4.90 Å². The minimum atomic E-state index is -0.0635. The van der Waals surface area contributed by atoms with Gasteiger partial charge in [0.2, 0.25) is 0 Å². The van der Waals surface area contributed by atoms with Crippen molar-refractivity contribution >= 4 is 0 Å². The molecule has 0 radical (unpaired) electrons. The van der Waals surface area contributed by atoms with E-state index in [9.17, 15) is 0 Å². The van der Waals surface area contributed by atoms with Crippen LogP contribution in [0.5, 0.6) is 0 Å². The van der Waals surface area contributed by atoms with Crippen LogP contribution in [0.3, 0.4) is 0 Å². The molecule has 0 saturated heterocycles. The Morgan fingerprint density at radius 1 is 1.00 bits per heavy atom. The molecule has 0 bridgehead atoms. The molecule has 2 N–H and O–H groups in total. The van der Waals surface area contributed by atoms with E-state index < -0.39 is 0 Å². The van der Waals surface area contributed by atoms with Gasteiger partial charge in [-0.15, -0.1) is 0 Å². The molecule has 0 aliphatic heterocycles. The van der Waals surface area contributed by atoms with Gasteiger partial charge in [0.15, 0.2) is 0 Å². The first-order valence-electron chi connectivity index (χ1n) is 7.78. The molecule has 2 rings (SSSR count). The van der Waals surface area contributed by atoms with Gasteiger partial charge in [-0.25, -0.2) is 0 Å². The van der Waals surface area contributed by atoms with Crippen molar-refractivity contribution in [3.63, 3.8) is 0 Å². The van der Waals surface area contributed by atoms with Crippen LogP contribution in [0.25, 0.3) is 0 Å². The molecular formula is C17H28N2. The zero-order chi connectivity index (χ0) is 13.7. The first-order valence-corrected chi connectivity index (χ1v) is 7.78. The highest BCUT2D eigenvalue weighted by Gasteiger charge is 2.28. The molecule has 0 unspecified atom stereocenters. The summed E-state index contributed by atoms with van der Waals surface area (Å²) in [5.74, 6) is 0. The molecule has 0 aromatic heterocycles. The average Bonchev–Trinajstić information content (AvgIpc) is 2.46. The smallest absolute Gasteiger partial charge is 0.0409 e. The van der Waals surface area contributed by atoms with Crippen molar-refractivity contribution in [1.29, 1.82) is 0 Å². The number of hydrogen-bond donors (Lipinski definition) is 1. The summed E-state index contributed by atoms with van der Waals surface area (Å²) in [4.78, 5) is 2.44. The zero-order valence-corrected chi connectivity index (χ0v) is 12.5. The van der Waals surface area contributed by atoms with E-state index in [4.69, 9.17) is 5.73 Å². The minimum Gasteiger partial charge on any atom is -0.321 e. The fraction of sp³-hybridized carbons (Fsp3) is 0.647. The highest BCUT2D eigenvalue weighted by atomic mass is 15.1. The zero-order valence-electron chi connectivity index (χ0n) is 12.5. The maximum Gasteiger partial charge on any atom is 0.0409 e. The highest BCUT2D eigenvalue weighted by molar-refractivity contribution is 5.28. The lowest BCUT2D eigenvalue weighted by atomic mass is 9.77. The number of benzene rings is 1. The molecule has 0 amide bonds. The van der Waals surface area contributed by atoms with Crippen LogP contribution in [0.15, 0.2) is 24.3 Å². The van der Waals surface area contributed by atoms with Crippen molar-refractivity contribution in [1.82, 2.24) is 4.90 Å². The largest absolute Gasteiger partial charge is 0.321 e. The quantitative estimate of drug-likeness (QED) is 0.875. The molecule has 1 aliphatic carbocycles. The van der Waals surface area contributed by atoms with Gasteiger partial charge in [-0.05, 0) is 37.1 Å².